The molecule has 0 unspecified atom stereocenters. The van der Waals surface area contributed by atoms with Crippen LogP contribution in [0.25, 0.3) is 0 Å². The Kier molecular flexibility index (Phi) is 4.66. The number of benzene rings is 1. The first-order valence-electron chi connectivity index (χ1n) is 5.35. The van der Waals surface area contributed by atoms with Gasteiger partial charge in [-0.25, -0.2) is 4.39 Å². The Morgan fingerprint density at radius 3 is 2.71 bits per heavy atom. The summed E-state index contributed by atoms with van der Waals surface area (Å²) in [7, 11) is 1.56. The summed E-state index contributed by atoms with van der Waals surface area (Å²) in [5.41, 5.74) is 0.0141. The van der Waals surface area contributed by atoms with Crippen LogP contribution >= 0.6 is 11.6 Å². The van der Waals surface area contributed by atoms with Crippen molar-refractivity contribution < 1.29 is 13.9 Å². The third-order valence-electron chi connectivity index (χ3n) is 2.59. The average molecular weight is 259 g/mol. The molecule has 0 saturated carbocycles. The van der Waals surface area contributed by atoms with Gasteiger partial charge in [-0.05, 0) is 25.5 Å². The molecule has 0 saturated heterocycles. The van der Waals surface area contributed by atoms with E-state index in [9.17, 15) is 9.18 Å². The van der Waals surface area contributed by atoms with Crippen molar-refractivity contribution in [3.8, 4) is 0 Å². The molecule has 0 N–H and O–H groups in total. The Balaban J connectivity index is 2.72. The SMILES string of the molecule is COC(C)(C)CC(=O)Cc1cccc(F)c1Cl. The summed E-state index contributed by atoms with van der Waals surface area (Å²) < 4.78 is 18.3. The molecular formula is C13H16ClFO2. The van der Waals surface area contributed by atoms with Gasteiger partial charge in [-0.3, -0.25) is 4.79 Å². The number of Topliss-reactive ketones (excluding diaryl/α,β-unsaturated/α-hetero) is 1. The van der Waals surface area contributed by atoms with Gasteiger partial charge in [0.25, 0.3) is 0 Å². The van der Waals surface area contributed by atoms with E-state index in [2.05, 4.69) is 0 Å². The highest BCUT2D eigenvalue weighted by Gasteiger charge is 2.21. The predicted octanol–water partition coefficient (Wildman–Crippen LogP) is 3.41. The number of hydrogen-bond acceptors (Lipinski definition) is 2. The minimum absolute atomic E-state index is 0.0237. The van der Waals surface area contributed by atoms with Gasteiger partial charge in [-0.1, -0.05) is 23.7 Å². The highest BCUT2D eigenvalue weighted by Crippen LogP contribution is 2.22. The molecule has 0 spiro atoms. The maximum absolute atomic E-state index is 13.2. The van der Waals surface area contributed by atoms with Crippen LogP contribution in [0.1, 0.15) is 25.8 Å². The molecule has 1 aromatic rings. The van der Waals surface area contributed by atoms with E-state index in [0.717, 1.165) is 0 Å². The van der Waals surface area contributed by atoms with Crippen LogP contribution < -0.4 is 0 Å². The zero-order valence-electron chi connectivity index (χ0n) is 10.2. The molecule has 0 radical (unpaired) electrons. The van der Waals surface area contributed by atoms with E-state index >= 15 is 0 Å². The number of methoxy groups -OCH3 is 1. The fraction of sp³-hybridized carbons (Fsp3) is 0.462. The number of carbonyl (C=O) groups is 1. The standard InChI is InChI=1S/C13H16ClFO2/c1-13(2,17-3)8-10(16)7-9-5-4-6-11(15)12(9)14/h4-6H,7-8H2,1-3H3. The van der Waals surface area contributed by atoms with Crippen LogP contribution in [-0.4, -0.2) is 18.5 Å². The largest absolute Gasteiger partial charge is 0.378 e. The smallest absolute Gasteiger partial charge is 0.142 e. The second-order valence-corrected chi connectivity index (χ2v) is 4.95. The molecule has 0 aliphatic rings. The topological polar surface area (TPSA) is 26.3 Å². The van der Waals surface area contributed by atoms with Gasteiger partial charge in [0.2, 0.25) is 0 Å². The molecule has 0 heterocycles. The van der Waals surface area contributed by atoms with Crippen LogP contribution in [0.2, 0.25) is 5.02 Å². The summed E-state index contributed by atoms with van der Waals surface area (Å²) >= 11 is 5.78. The van der Waals surface area contributed by atoms with Crippen LogP contribution in [0.3, 0.4) is 0 Å². The van der Waals surface area contributed by atoms with Gasteiger partial charge in [0.15, 0.2) is 0 Å². The molecular weight excluding hydrogens is 243 g/mol. The number of halogens is 2. The number of hydrogen-bond donors (Lipinski definition) is 0. The molecule has 1 rings (SSSR count). The lowest BCUT2D eigenvalue weighted by molar-refractivity contribution is -0.123. The van der Waals surface area contributed by atoms with E-state index in [-0.39, 0.29) is 23.6 Å². The molecule has 2 nitrogen and oxygen atoms in total. The van der Waals surface area contributed by atoms with Gasteiger partial charge in [0, 0.05) is 20.0 Å². The molecule has 0 amide bonds. The maximum Gasteiger partial charge on any atom is 0.142 e. The summed E-state index contributed by atoms with van der Waals surface area (Å²) in [6, 6.07) is 4.48. The molecule has 0 aliphatic carbocycles. The van der Waals surface area contributed by atoms with Crippen molar-refractivity contribution in [1.29, 1.82) is 0 Å². The molecule has 4 heteroatoms. The van der Waals surface area contributed by atoms with E-state index in [1.165, 1.54) is 6.07 Å². The van der Waals surface area contributed by atoms with Crippen LogP contribution in [0.15, 0.2) is 18.2 Å². The lowest BCUT2D eigenvalue weighted by Crippen LogP contribution is -2.27. The highest BCUT2D eigenvalue weighted by atomic mass is 35.5. The Morgan fingerprint density at radius 1 is 1.47 bits per heavy atom. The summed E-state index contributed by atoms with van der Waals surface area (Å²) in [6.07, 6.45) is 0.403. The lowest BCUT2D eigenvalue weighted by Gasteiger charge is -2.21. The maximum atomic E-state index is 13.2. The average Bonchev–Trinajstić information content (AvgIpc) is 2.24. The summed E-state index contributed by atoms with van der Waals surface area (Å²) in [6.45, 7) is 3.66. The van der Waals surface area contributed by atoms with Gasteiger partial charge in [-0.2, -0.15) is 0 Å². The Hall–Kier alpha value is -0.930. The Bertz CT molecular complexity index is 416. The number of rotatable bonds is 5. The quantitative estimate of drug-likeness (QED) is 0.809. The summed E-state index contributed by atoms with van der Waals surface area (Å²) in [5, 5.41) is 0.0241. The summed E-state index contributed by atoms with van der Waals surface area (Å²) in [5.74, 6) is -0.521. The van der Waals surface area contributed by atoms with E-state index in [1.807, 2.05) is 13.8 Å². The van der Waals surface area contributed by atoms with Crippen LogP contribution in [0, 0.1) is 5.82 Å². The van der Waals surface area contributed by atoms with E-state index in [1.54, 1.807) is 19.2 Å². The molecule has 17 heavy (non-hydrogen) atoms. The Labute approximate surface area is 106 Å². The third-order valence-corrected chi connectivity index (χ3v) is 3.02. The molecule has 94 valence electrons. The van der Waals surface area contributed by atoms with Crippen molar-refractivity contribution >= 4 is 17.4 Å². The van der Waals surface area contributed by atoms with Crippen molar-refractivity contribution in [2.24, 2.45) is 0 Å². The first kappa shape index (κ1) is 14.1. The van der Waals surface area contributed by atoms with Gasteiger partial charge >= 0.3 is 0 Å². The van der Waals surface area contributed by atoms with Crippen molar-refractivity contribution in [2.75, 3.05) is 7.11 Å². The minimum Gasteiger partial charge on any atom is -0.378 e. The van der Waals surface area contributed by atoms with Crippen molar-refractivity contribution in [3.63, 3.8) is 0 Å². The first-order chi connectivity index (χ1) is 7.85. The first-order valence-corrected chi connectivity index (χ1v) is 5.73. The van der Waals surface area contributed by atoms with E-state index < -0.39 is 11.4 Å². The van der Waals surface area contributed by atoms with Gasteiger partial charge in [0.05, 0.1) is 10.6 Å². The fourth-order valence-electron chi connectivity index (χ4n) is 1.51. The predicted molar refractivity (Wildman–Crippen MR) is 65.8 cm³/mol. The van der Waals surface area contributed by atoms with Crippen molar-refractivity contribution in [1.82, 2.24) is 0 Å². The summed E-state index contributed by atoms with van der Waals surface area (Å²) in [4.78, 5) is 11.8. The number of carbonyl (C=O) groups excluding carboxylic acids is 1. The molecule has 0 bridgehead atoms. The highest BCUT2D eigenvalue weighted by molar-refractivity contribution is 6.31. The molecule has 0 aromatic heterocycles. The third kappa shape index (κ3) is 4.10. The lowest BCUT2D eigenvalue weighted by atomic mass is 9.97. The van der Waals surface area contributed by atoms with Crippen molar-refractivity contribution in [2.45, 2.75) is 32.3 Å². The minimum atomic E-state index is -0.503. The second kappa shape index (κ2) is 5.61. The van der Waals surface area contributed by atoms with E-state index in [4.69, 9.17) is 16.3 Å². The van der Waals surface area contributed by atoms with Gasteiger partial charge in [-0.15, -0.1) is 0 Å². The zero-order chi connectivity index (χ0) is 13.1. The van der Waals surface area contributed by atoms with Crippen LogP contribution in [-0.2, 0) is 16.0 Å². The van der Waals surface area contributed by atoms with Gasteiger partial charge in [0.1, 0.15) is 11.6 Å². The fourth-order valence-corrected chi connectivity index (χ4v) is 1.70. The van der Waals surface area contributed by atoms with Crippen LogP contribution in [0.4, 0.5) is 4.39 Å². The number of ether oxygens (including phenoxy) is 1. The van der Waals surface area contributed by atoms with Crippen LogP contribution in [0.5, 0.6) is 0 Å². The van der Waals surface area contributed by atoms with E-state index in [0.29, 0.717) is 5.56 Å². The molecule has 0 fully saturated rings. The van der Waals surface area contributed by atoms with Crippen molar-refractivity contribution in [3.05, 3.63) is 34.6 Å². The normalized spacial score (nSPS) is 11.6. The van der Waals surface area contributed by atoms with Gasteiger partial charge < -0.3 is 4.74 Å². The Morgan fingerprint density at radius 2 is 2.12 bits per heavy atom. The molecule has 0 aliphatic heterocycles. The molecule has 0 atom stereocenters. The second-order valence-electron chi connectivity index (χ2n) is 4.57. The molecule has 1 aromatic carbocycles. The zero-order valence-corrected chi connectivity index (χ0v) is 11.0. The monoisotopic (exact) mass is 258 g/mol. The number of ketones is 1.